The van der Waals surface area contributed by atoms with Gasteiger partial charge in [-0.25, -0.2) is 0 Å². The van der Waals surface area contributed by atoms with Gasteiger partial charge >= 0.3 is 12.1 Å². The molecule has 0 spiro atoms. The van der Waals surface area contributed by atoms with Gasteiger partial charge in [-0.3, -0.25) is 4.79 Å². The number of carbonyl (C=O) groups is 1. The number of aryl methyl sites for hydroxylation is 1. The summed E-state index contributed by atoms with van der Waals surface area (Å²) in [6.07, 6.45) is -3.78. The molecule has 30 heavy (non-hydrogen) atoms. The third-order valence-corrected chi connectivity index (χ3v) is 6.04. The van der Waals surface area contributed by atoms with Crippen molar-refractivity contribution >= 4 is 17.7 Å². The van der Waals surface area contributed by atoms with Crippen LogP contribution in [0.1, 0.15) is 28.2 Å². The van der Waals surface area contributed by atoms with Crippen LogP contribution < -0.4 is 0 Å². The van der Waals surface area contributed by atoms with Gasteiger partial charge in [-0.15, -0.1) is 11.8 Å². The van der Waals surface area contributed by atoms with Crippen molar-refractivity contribution in [2.24, 2.45) is 0 Å². The van der Waals surface area contributed by atoms with Crippen LogP contribution >= 0.6 is 11.8 Å². The van der Waals surface area contributed by atoms with E-state index in [2.05, 4.69) is 14.7 Å². The number of rotatable bonds is 4. The lowest BCUT2D eigenvalue weighted by Crippen LogP contribution is -2.29. The first-order chi connectivity index (χ1) is 14.3. The normalized spacial score (nSPS) is 16.8. The molecule has 0 radical (unpaired) electrons. The predicted molar refractivity (Wildman–Crippen MR) is 106 cm³/mol. The molecule has 9 heteroatoms. The van der Waals surface area contributed by atoms with Crippen molar-refractivity contribution in [3.8, 4) is 11.4 Å². The minimum Gasteiger partial charge on any atom is -0.337 e. The van der Waals surface area contributed by atoms with Crippen molar-refractivity contribution in [2.75, 3.05) is 13.1 Å². The maximum absolute atomic E-state index is 12.7. The third-order valence-electron chi connectivity index (χ3n) is 4.78. The van der Waals surface area contributed by atoms with E-state index in [1.165, 1.54) is 0 Å². The van der Waals surface area contributed by atoms with Crippen LogP contribution in [0.2, 0.25) is 0 Å². The molecule has 0 unspecified atom stereocenters. The lowest BCUT2D eigenvalue weighted by atomic mass is 10.1. The molecule has 156 valence electrons. The van der Waals surface area contributed by atoms with Crippen molar-refractivity contribution in [2.45, 2.75) is 29.7 Å². The van der Waals surface area contributed by atoms with Crippen LogP contribution in [0.25, 0.3) is 11.4 Å². The highest BCUT2D eigenvalue weighted by Crippen LogP contribution is 2.33. The lowest BCUT2D eigenvalue weighted by Gasteiger charge is -2.17. The van der Waals surface area contributed by atoms with Gasteiger partial charge in [0.1, 0.15) is 0 Å². The second-order valence-electron chi connectivity index (χ2n) is 7.09. The van der Waals surface area contributed by atoms with E-state index in [1.807, 2.05) is 48.2 Å². The average Bonchev–Trinajstić information content (AvgIpc) is 3.38. The zero-order valence-corrected chi connectivity index (χ0v) is 16.8. The van der Waals surface area contributed by atoms with E-state index < -0.39 is 12.1 Å². The summed E-state index contributed by atoms with van der Waals surface area (Å²) in [5.74, 6) is -1.43. The summed E-state index contributed by atoms with van der Waals surface area (Å²) in [5.41, 5.74) is 2.19. The molecule has 1 fully saturated rings. The van der Waals surface area contributed by atoms with Crippen molar-refractivity contribution < 1.29 is 22.5 Å². The molecule has 0 N–H and O–H groups in total. The van der Waals surface area contributed by atoms with Crippen molar-refractivity contribution in [3.05, 3.63) is 65.5 Å². The summed E-state index contributed by atoms with van der Waals surface area (Å²) in [6.45, 7) is 3.31. The summed E-state index contributed by atoms with van der Waals surface area (Å²) in [7, 11) is 0. The Morgan fingerprint density at radius 3 is 2.63 bits per heavy atom. The first-order valence-corrected chi connectivity index (χ1v) is 10.2. The van der Waals surface area contributed by atoms with E-state index in [-0.39, 0.29) is 17.0 Å². The first kappa shape index (κ1) is 20.5. The smallest absolute Gasteiger partial charge is 0.337 e. The Hall–Kier alpha value is -2.81. The molecule has 1 amide bonds. The van der Waals surface area contributed by atoms with E-state index in [0.717, 1.165) is 16.9 Å². The fraction of sp³-hybridized carbons (Fsp3) is 0.286. The second kappa shape index (κ2) is 8.14. The van der Waals surface area contributed by atoms with E-state index in [9.17, 15) is 18.0 Å². The topological polar surface area (TPSA) is 59.2 Å². The second-order valence-corrected chi connectivity index (χ2v) is 8.47. The number of amides is 1. The van der Waals surface area contributed by atoms with E-state index in [1.54, 1.807) is 23.9 Å². The average molecular weight is 433 g/mol. The van der Waals surface area contributed by atoms with Crippen LogP contribution in [0, 0.1) is 6.92 Å². The summed E-state index contributed by atoms with van der Waals surface area (Å²) < 4.78 is 42.1. The Morgan fingerprint density at radius 2 is 1.97 bits per heavy atom. The molecule has 0 saturated carbocycles. The van der Waals surface area contributed by atoms with Crippen LogP contribution in [0.3, 0.4) is 0 Å². The van der Waals surface area contributed by atoms with Gasteiger partial charge in [0.15, 0.2) is 0 Å². The molecule has 4 rings (SSSR count). The molecule has 2 aromatic carbocycles. The Bertz CT molecular complexity index is 1050. The molecular formula is C21H18F3N3O2S. The highest BCUT2D eigenvalue weighted by molar-refractivity contribution is 8.00. The van der Waals surface area contributed by atoms with E-state index in [4.69, 9.17) is 0 Å². The number of benzene rings is 2. The molecule has 1 aromatic heterocycles. The number of hydrogen-bond acceptors (Lipinski definition) is 5. The van der Waals surface area contributed by atoms with Gasteiger partial charge in [-0.05, 0) is 49.7 Å². The minimum atomic E-state index is -4.66. The quantitative estimate of drug-likeness (QED) is 0.575. The zero-order chi connectivity index (χ0) is 21.3. The summed E-state index contributed by atoms with van der Waals surface area (Å²) >= 11 is 1.65. The number of alkyl halides is 3. The first-order valence-electron chi connectivity index (χ1n) is 9.33. The molecule has 1 aliphatic heterocycles. The number of carbonyl (C=O) groups excluding carboxylic acids is 1. The van der Waals surface area contributed by atoms with Gasteiger partial charge in [0.05, 0.1) is 0 Å². The molecule has 1 saturated heterocycles. The van der Waals surface area contributed by atoms with Crippen LogP contribution in [0.5, 0.6) is 0 Å². The standard InChI is InChI=1S/C21H18F3N3O2S/c1-13-3-2-4-15(11-13)19(28)27-10-9-17(12-27)30-16-7-5-14(6-8-16)18-25-20(29-26-18)21(22,23)24/h2-8,11,17H,9-10,12H2,1H3/t17-/m1/s1. The van der Waals surface area contributed by atoms with Crippen LogP contribution in [0.15, 0.2) is 57.9 Å². The number of aromatic nitrogens is 2. The summed E-state index contributed by atoms with van der Waals surface area (Å²) in [5, 5.41) is 3.65. The number of thioether (sulfide) groups is 1. The van der Waals surface area contributed by atoms with Gasteiger partial charge in [-0.2, -0.15) is 18.2 Å². The van der Waals surface area contributed by atoms with E-state index >= 15 is 0 Å². The highest BCUT2D eigenvalue weighted by atomic mass is 32.2. The van der Waals surface area contributed by atoms with Gasteiger partial charge in [0.25, 0.3) is 5.91 Å². The zero-order valence-electron chi connectivity index (χ0n) is 16.0. The van der Waals surface area contributed by atoms with Crippen molar-refractivity contribution in [1.82, 2.24) is 15.0 Å². The Balaban J connectivity index is 1.37. The lowest BCUT2D eigenvalue weighted by molar-refractivity contribution is -0.159. The molecule has 0 aliphatic carbocycles. The minimum absolute atomic E-state index is 0.0368. The highest BCUT2D eigenvalue weighted by Gasteiger charge is 2.38. The van der Waals surface area contributed by atoms with Gasteiger partial charge in [-0.1, -0.05) is 22.9 Å². The largest absolute Gasteiger partial charge is 0.471 e. The van der Waals surface area contributed by atoms with Gasteiger partial charge in [0, 0.05) is 34.4 Å². The molecule has 2 heterocycles. The molecule has 1 atom stereocenters. The van der Waals surface area contributed by atoms with Crippen LogP contribution in [-0.2, 0) is 6.18 Å². The van der Waals surface area contributed by atoms with Crippen LogP contribution in [0.4, 0.5) is 13.2 Å². The third kappa shape index (κ3) is 4.51. The van der Waals surface area contributed by atoms with Crippen molar-refractivity contribution in [1.29, 1.82) is 0 Å². The number of nitrogens with zero attached hydrogens (tertiary/aromatic N) is 3. The molecule has 3 aromatic rings. The number of hydrogen-bond donors (Lipinski definition) is 0. The summed E-state index contributed by atoms with van der Waals surface area (Å²) in [6, 6.07) is 14.5. The van der Waals surface area contributed by atoms with Crippen LogP contribution in [-0.4, -0.2) is 39.3 Å². The Kier molecular flexibility index (Phi) is 5.55. The monoisotopic (exact) mass is 433 g/mol. The van der Waals surface area contributed by atoms with Crippen molar-refractivity contribution in [3.63, 3.8) is 0 Å². The molecule has 5 nitrogen and oxygen atoms in total. The number of halogens is 3. The SMILES string of the molecule is Cc1cccc(C(=O)N2CC[C@@H](Sc3ccc(-c4noc(C(F)(F)F)n4)cc3)C2)c1. The maximum Gasteiger partial charge on any atom is 0.471 e. The molecule has 0 bridgehead atoms. The fourth-order valence-electron chi connectivity index (χ4n) is 3.30. The van der Waals surface area contributed by atoms with Gasteiger partial charge < -0.3 is 9.42 Å². The maximum atomic E-state index is 12.7. The molecule has 1 aliphatic rings. The fourth-order valence-corrected chi connectivity index (χ4v) is 4.46. The Morgan fingerprint density at radius 1 is 1.20 bits per heavy atom. The van der Waals surface area contributed by atoms with E-state index in [0.29, 0.717) is 24.2 Å². The molecular weight excluding hydrogens is 415 g/mol. The summed E-state index contributed by atoms with van der Waals surface area (Å²) in [4.78, 5) is 18.9. The van der Waals surface area contributed by atoms with Gasteiger partial charge in [0.2, 0.25) is 5.82 Å². The Labute approximate surface area is 175 Å². The predicted octanol–water partition coefficient (Wildman–Crippen LogP) is 5.07. The number of likely N-dealkylation sites (tertiary alicyclic amines) is 1.